The predicted molar refractivity (Wildman–Crippen MR) is 102 cm³/mol. The Morgan fingerprint density at radius 2 is 1.72 bits per heavy atom. The summed E-state index contributed by atoms with van der Waals surface area (Å²) in [6, 6.07) is 21.3. The van der Waals surface area contributed by atoms with E-state index in [1.807, 2.05) is 12.1 Å². The normalized spacial score (nSPS) is 26.5. The summed E-state index contributed by atoms with van der Waals surface area (Å²) in [4.78, 5) is 2.56. The van der Waals surface area contributed by atoms with Crippen LogP contribution in [-0.4, -0.2) is 30.6 Å². The molecule has 0 radical (unpaired) electrons. The Hall–Kier alpha value is -1.39. The highest BCUT2D eigenvalue weighted by atomic mass is 35.5. The van der Waals surface area contributed by atoms with Crippen LogP contribution < -0.4 is 0 Å². The first-order valence-electron chi connectivity index (χ1n) is 8.97. The van der Waals surface area contributed by atoms with E-state index in [1.54, 1.807) is 0 Å². The lowest BCUT2D eigenvalue weighted by Crippen LogP contribution is -2.57. The van der Waals surface area contributed by atoms with E-state index in [-0.39, 0.29) is 12.4 Å². The van der Waals surface area contributed by atoms with E-state index in [0.29, 0.717) is 12.6 Å². The molecule has 0 N–H and O–H groups in total. The number of halogens is 1. The molecule has 0 aliphatic carbocycles. The van der Waals surface area contributed by atoms with Gasteiger partial charge in [-0.05, 0) is 24.9 Å². The van der Waals surface area contributed by atoms with Gasteiger partial charge >= 0.3 is 0 Å². The zero-order chi connectivity index (χ0) is 16.2. The van der Waals surface area contributed by atoms with Gasteiger partial charge in [0.1, 0.15) is 0 Å². The maximum absolute atomic E-state index is 6.43. The van der Waals surface area contributed by atoms with Crippen LogP contribution in [0.4, 0.5) is 0 Å². The van der Waals surface area contributed by atoms with Gasteiger partial charge in [-0.25, -0.2) is 0 Å². The van der Waals surface area contributed by atoms with Gasteiger partial charge in [0.2, 0.25) is 5.79 Å². The minimum atomic E-state index is -0.662. The minimum absolute atomic E-state index is 0. The van der Waals surface area contributed by atoms with Gasteiger partial charge in [-0.1, -0.05) is 67.1 Å². The Balaban J connectivity index is 0.00000182. The van der Waals surface area contributed by atoms with Crippen LogP contribution in [0.3, 0.4) is 0 Å². The maximum atomic E-state index is 6.43. The van der Waals surface area contributed by atoms with E-state index in [9.17, 15) is 0 Å². The van der Waals surface area contributed by atoms with E-state index < -0.39 is 5.79 Å². The summed E-state index contributed by atoms with van der Waals surface area (Å²) in [5.74, 6) is -0.662. The Labute approximate surface area is 156 Å². The molecule has 3 nitrogen and oxygen atoms in total. The summed E-state index contributed by atoms with van der Waals surface area (Å²) in [5.41, 5.74) is 2.29. The topological polar surface area (TPSA) is 21.7 Å². The SMILES string of the molecule is Cl.c1ccc(COC2(c3ccccc3)CN3CCCCC3CO2)cc1. The Kier molecular flexibility index (Phi) is 6.13. The summed E-state index contributed by atoms with van der Waals surface area (Å²) in [6.45, 7) is 3.28. The molecule has 0 aromatic heterocycles. The molecule has 2 atom stereocenters. The summed E-state index contributed by atoms with van der Waals surface area (Å²) in [7, 11) is 0. The quantitative estimate of drug-likeness (QED) is 0.809. The number of fused-ring (bicyclic) bond motifs is 1. The average Bonchev–Trinajstić information content (AvgIpc) is 2.68. The fraction of sp³-hybridized carbons (Fsp3) is 0.429. The molecule has 4 heteroatoms. The number of benzene rings is 2. The first-order valence-corrected chi connectivity index (χ1v) is 8.97. The Morgan fingerprint density at radius 1 is 1.00 bits per heavy atom. The molecule has 0 amide bonds. The molecule has 2 saturated heterocycles. The molecule has 2 aliphatic rings. The van der Waals surface area contributed by atoms with Crippen molar-refractivity contribution in [1.82, 2.24) is 4.90 Å². The van der Waals surface area contributed by atoms with Gasteiger partial charge in [0, 0.05) is 11.6 Å². The number of piperidine rings is 1. The molecule has 0 spiro atoms. The first-order chi connectivity index (χ1) is 11.9. The largest absolute Gasteiger partial charge is 0.343 e. The highest BCUT2D eigenvalue weighted by molar-refractivity contribution is 5.85. The van der Waals surface area contributed by atoms with E-state index >= 15 is 0 Å². The van der Waals surface area contributed by atoms with Crippen LogP contribution in [0.1, 0.15) is 30.4 Å². The van der Waals surface area contributed by atoms with Gasteiger partial charge in [0.05, 0.1) is 19.8 Å². The molecule has 4 rings (SSSR count). The van der Waals surface area contributed by atoms with Crippen LogP contribution >= 0.6 is 12.4 Å². The van der Waals surface area contributed by atoms with Crippen molar-refractivity contribution in [2.24, 2.45) is 0 Å². The number of nitrogens with zero attached hydrogens (tertiary/aromatic N) is 1. The first kappa shape index (κ1) is 18.4. The minimum Gasteiger partial charge on any atom is -0.343 e. The van der Waals surface area contributed by atoms with Crippen molar-refractivity contribution in [1.29, 1.82) is 0 Å². The van der Waals surface area contributed by atoms with Crippen LogP contribution in [0, 0.1) is 0 Å². The second-order valence-corrected chi connectivity index (χ2v) is 6.82. The highest BCUT2D eigenvalue weighted by Gasteiger charge is 2.43. The number of hydrogen-bond acceptors (Lipinski definition) is 3. The molecule has 2 aliphatic heterocycles. The molecule has 2 unspecified atom stereocenters. The molecular weight excluding hydrogens is 334 g/mol. The van der Waals surface area contributed by atoms with Crippen molar-refractivity contribution in [3.63, 3.8) is 0 Å². The highest BCUT2D eigenvalue weighted by Crippen LogP contribution is 2.36. The molecular formula is C21H26ClNO2. The third-order valence-electron chi connectivity index (χ3n) is 5.20. The summed E-state index contributed by atoms with van der Waals surface area (Å²) < 4.78 is 12.8. The fourth-order valence-corrected chi connectivity index (χ4v) is 3.81. The van der Waals surface area contributed by atoms with Crippen LogP contribution in [0.2, 0.25) is 0 Å². The zero-order valence-electron chi connectivity index (χ0n) is 14.5. The number of rotatable bonds is 4. The average molecular weight is 360 g/mol. The van der Waals surface area contributed by atoms with Crippen molar-refractivity contribution >= 4 is 12.4 Å². The van der Waals surface area contributed by atoms with Crippen LogP contribution in [0.15, 0.2) is 60.7 Å². The smallest absolute Gasteiger partial charge is 0.208 e. The van der Waals surface area contributed by atoms with Crippen molar-refractivity contribution in [3.05, 3.63) is 71.8 Å². The van der Waals surface area contributed by atoms with Gasteiger partial charge in [-0.2, -0.15) is 0 Å². The lowest BCUT2D eigenvalue weighted by atomic mass is 9.96. The Bertz CT molecular complexity index is 651. The van der Waals surface area contributed by atoms with Crippen molar-refractivity contribution < 1.29 is 9.47 Å². The Morgan fingerprint density at radius 3 is 2.48 bits per heavy atom. The van der Waals surface area contributed by atoms with Crippen LogP contribution in [-0.2, 0) is 21.9 Å². The third-order valence-corrected chi connectivity index (χ3v) is 5.20. The second kappa shape index (κ2) is 8.33. The van der Waals surface area contributed by atoms with Gasteiger partial charge < -0.3 is 9.47 Å². The summed E-state index contributed by atoms with van der Waals surface area (Å²) in [5, 5.41) is 0. The van der Waals surface area contributed by atoms with Gasteiger partial charge in [-0.15, -0.1) is 12.4 Å². The molecule has 2 aromatic rings. The second-order valence-electron chi connectivity index (χ2n) is 6.82. The van der Waals surface area contributed by atoms with Gasteiger partial charge in [0.25, 0.3) is 0 Å². The molecule has 0 saturated carbocycles. The molecule has 134 valence electrons. The monoisotopic (exact) mass is 359 g/mol. The molecule has 25 heavy (non-hydrogen) atoms. The standard InChI is InChI=1S/C21H25NO2.ClH/c1-3-9-18(10-4-1)15-23-21(19-11-5-2-6-12-19)17-22-14-8-7-13-20(22)16-24-21;/h1-6,9-12,20H,7-8,13-17H2;1H. The lowest BCUT2D eigenvalue weighted by molar-refractivity contribution is -0.295. The van der Waals surface area contributed by atoms with Gasteiger partial charge in [0.15, 0.2) is 0 Å². The lowest BCUT2D eigenvalue weighted by Gasteiger charge is -2.48. The molecule has 2 heterocycles. The van der Waals surface area contributed by atoms with E-state index in [2.05, 4.69) is 53.4 Å². The van der Waals surface area contributed by atoms with Gasteiger partial charge in [-0.3, -0.25) is 4.90 Å². The zero-order valence-corrected chi connectivity index (χ0v) is 15.3. The molecule has 0 bridgehead atoms. The summed E-state index contributed by atoms with van der Waals surface area (Å²) in [6.07, 6.45) is 3.83. The van der Waals surface area contributed by atoms with Crippen LogP contribution in [0.5, 0.6) is 0 Å². The number of morpholine rings is 1. The van der Waals surface area contributed by atoms with E-state index in [0.717, 1.165) is 25.3 Å². The van der Waals surface area contributed by atoms with E-state index in [1.165, 1.54) is 24.8 Å². The number of ether oxygens (including phenoxy) is 2. The molecule has 2 fully saturated rings. The summed E-state index contributed by atoms with van der Waals surface area (Å²) >= 11 is 0. The van der Waals surface area contributed by atoms with E-state index in [4.69, 9.17) is 9.47 Å². The predicted octanol–water partition coefficient (Wildman–Crippen LogP) is 4.36. The van der Waals surface area contributed by atoms with Crippen molar-refractivity contribution in [2.75, 3.05) is 19.7 Å². The van der Waals surface area contributed by atoms with Crippen molar-refractivity contribution in [3.8, 4) is 0 Å². The van der Waals surface area contributed by atoms with Crippen LogP contribution in [0.25, 0.3) is 0 Å². The fourth-order valence-electron chi connectivity index (χ4n) is 3.81. The third kappa shape index (κ3) is 4.06. The molecule has 2 aromatic carbocycles. The number of hydrogen-bond donors (Lipinski definition) is 0. The maximum Gasteiger partial charge on any atom is 0.208 e. The van der Waals surface area contributed by atoms with Crippen molar-refractivity contribution in [2.45, 2.75) is 37.7 Å².